The van der Waals surface area contributed by atoms with Crippen molar-refractivity contribution >= 4 is 29.0 Å². The third-order valence-corrected chi connectivity index (χ3v) is 3.51. The number of hydrogen-bond donors (Lipinski definition) is 2. The molecule has 0 heterocycles. The van der Waals surface area contributed by atoms with E-state index in [4.69, 9.17) is 38.9 Å². The maximum Gasteiger partial charge on any atom is 0.175 e. The van der Waals surface area contributed by atoms with E-state index in [2.05, 4.69) is 5.16 Å². The van der Waals surface area contributed by atoms with E-state index in [9.17, 15) is 0 Å². The molecule has 2 aromatic carbocycles. The normalized spacial score (nSPS) is 11.5. The van der Waals surface area contributed by atoms with Crippen LogP contribution in [0.25, 0.3) is 0 Å². The number of oxime groups is 1. The van der Waals surface area contributed by atoms with Gasteiger partial charge in [0, 0.05) is 5.02 Å². The molecule has 21 heavy (non-hydrogen) atoms. The number of aryl methyl sites for hydroxylation is 2. The topological polar surface area (TPSA) is 67.8 Å². The fraction of sp³-hybridized carbons (Fsp3) is 0.133. The Hall–Kier alpha value is -1.91. The maximum absolute atomic E-state index is 8.88. The molecule has 0 radical (unpaired) electrons. The highest BCUT2D eigenvalue weighted by Gasteiger charge is 2.15. The summed E-state index contributed by atoms with van der Waals surface area (Å²) in [7, 11) is 0. The van der Waals surface area contributed by atoms with Crippen LogP contribution in [0.3, 0.4) is 0 Å². The van der Waals surface area contributed by atoms with Gasteiger partial charge >= 0.3 is 0 Å². The van der Waals surface area contributed by atoms with Crippen LogP contribution in [-0.2, 0) is 0 Å². The summed E-state index contributed by atoms with van der Waals surface area (Å²) in [5.41, 5.74) is 7.77. The molecule has 110 valence electrons. The van der Waals surface area contributed by atoms with Gasteiger partial charge in [-0.3, -0.25) is 0 Å². The summed E-state index contributed by atoms with van der Waals surface area (Å²) in [6.45, 7) is 3.78. The third kappa shape index (κ3) is 3.23. The smallest absolute Gasteiger partial charge is 0.175 e. The van der Waals surface area contributed by atoms with Crippen LogP contribution >= 0.6 is 23.2 Å². The summed E-state index contributed by atoms with van der Waals surface area (Å²) in [6.07, 6.45) is 0. The molecule has 6 heteroatoms. The molecule has 0 atom stereocenters. The first-order chi connectivity index (χ1) is 9.93. The molecule has 0 aliphatic rings. The van der Waals surface area contributed by atoms with Crippen molar-refractivity contribution in [3.63, 3.8) is 0 Å². The van der Waals surface area contributed by atoms with Crippen molar-refractivity contribution in [3.05, 3.63) is 57.1 Å². The maximum atomic E-state index is 8.88. The van der Waals surface area contributed by atoms with Gasteiger partial charge in [0.25, 0.3) is 0 Å². The van der Waals surface area contributed by atoms with Crippen molar-refractivity contribution in [2.45, 2.75) is 13.8 Å². The van der Waals surface area contributed by atoms with Crippen LogP contribution in [0.4, 0.5) is 0 Å². The van der Waals surface area contributed by atoms with E-state index in [0.717, 1.165) is 11.1 Å². The second-order valence-corrected chi connectivity index (χ2v) is 5.41. The summed E-state index contributed by atoms with van der Waals surface area (Å²) >= 11 is 12.1. The average Bonchev–Trinajstić information content (AvgIpc) is 2.42. The summed E-state index contributed by atoms with van der Waals surface area (Å²) in [5.74, 6) is 0.958. The first-order valence-corrected chi connectivity index (χ1v) is 6.90. The van der Waals surface area contributed by atoms with Crippen LogP contribution in [0.5, 0.6) is 11.5 Å². The number of ether oxygens (including phenoxy) is 1. The highest BCUT2D eigenvalue weighted by atomic mass is 35.5. The predicted molar refractivity (Wildman–Crippen MR) is 85.0 cm³/mol. The summed E-state index contributed by atoms with van der Waals surface area (Å²) in [5, 5.41) is 12.8. The molecule has 0 aliphatic heterocycles. The van der Waals surface area contributed by atoms with Gasteiger partial charge in [-0.1, -0.05) is 34.4 Å². The second-order valence-electron chi connectivity index (χ2n) is 4.57. The fourth-order valence-electron chi connectivity index (χ4n) is 2.06. The number of benzene rings is 2. The van der Waals surface area contributed by atoms with E-state index in [1.807, 2.05) is 13.8 Å². The van der Waals surface area contributed by atoms with Crippen molar-refractivity contribution in [2.75, 3.05) is 0 Å². The lowest BCUT2D eigenvalue weighted by Gasteiger charge is -2.15. The van der Waals surface area contributed by atoms with Gasteiger partial charge in [-0.05, 0) is 49.2 Å². The zero-order chi connectivity index (χ0) is 15.6. The zero-order valence-electron chi connectivity index (χ0n) is 11.5. The van der Waals surface area contributed by atoms with Crippen LogP contribution in [-0.4, -0.2) is 11.0 Å². The number of amidine groups is 1. The highest BCUT2D eigenvalue weighted by molar-refractivity contribution is 6.34. The molecule has 0 saturated heterocycles. The second kappa shape index (κ2) is 6.24. The van der Waals surface area contributed by atoms with Gasteiger partial charge in [0.05, 0.1) is 10.6 Å². The average molecular weight is 325 g/mol. The minimum Gasteiger partial charge on any atom is -0.456 e. The molecule has 0 fully saturated rings. The molecule has 0 unspecified atom stereocenters. The van der Waals surface area contributed by atoms with Crippen LogP contribution in [0, 0.1) is 13.8 Å². The standard InChI is InChI=1S/C15H14Cl2N2O2/c1-8-6-10(16)7-9(2)14(8)21-12-5-3-4-11(17)13(12)15(18)19-20/h3-7,20H,1-2H3,(H2,18,19). The van der Waals surface area contributed by atoms with Crippen molar-refractivity contribution in [3.8, 4) is 11.5 Å². The van der Waals surface area contributed by atoms with E-state index in [1.54, 1.807) is 30.3 Å². The van der Waals surface area contributed by atoms with E-state index in [0.29, 0.717) is 27.1 Å². The number of hydrogen-bond acceptors (Lipinski definition) is 3. The SMILES string of the molecule is Cc1cc(Cl)cc(C)c1Oc1cccc(Cl)c1C(N)=NO. The molecular weight excluding hydrogens is 311 g/mol. The minimum atomic E-state index is -0.111. The van der Waals surface area contributed by atoms with Crippen LogP contribution in [0.15, 0.2) is 35.5 Å². The van der Waals surface area contributed by atoms with Crippen molar-refractivity contribution < 1.29 is 9.94 Å². The fourth-order valence-corrected chi connectivity index (χ4v) is 2.65. The predicted octanol–water partition coefficient (Wildman–Crippen LogP) is 4.50. The Bertz CT molecular complexity index is 692. The molecule has 0 amide bonds. The Balaban J connectivity index is 2.53. The largest absolute Gasteiger partial charge is 0.456 e. The quantitative estimate of drug-likeness (QED) is 0.378. The zero-order valence-corrected chi connectivity index (χ0v) is 13.0. The summed E-state index contributed by atoms with van der Waals surface area (Å²) in [6, 6.07) is 8.68. The number of halogens is 2. The van der Waals surface area contributed by atoms with Crippen molar-refractivity contribution in [1.82, 2.24) is 0 Å². The first-order valence-electron chi connectivity index (χ1n) is 6.15. The van der Waals surface area contributed by atoms with Crippen LogP contribution < -0.4 is 10.5 Å². The lowest BCUT2D eigenvalue weighted by Crippen LogP contribution is -2.15. The Morgan fingerprint density at radius 1 is 1.19 bits per heavy atom. The van der Waals surface area contributed by atoms with E-state index < -0.39 is 0 Å². The lowest BCUT2D eigenvalue weighted by molar-refractivity contribution is 0.318. The Labute approximate surface area is 132 Å². The molecule has 0 aliphatic carbocycles. The molecule has 0 spiro atoms. The van der Waals surface area contributed by atoms with Crippen molar-refractivity contribution in [1.29, 1.82) is 0 Å². The van der Waals surface area contributed by atoms with Gasteiger partial charge in [-0.2, -0.15) is 0 Å². The van der Waals surface area contributed by atoms with Gasteiger partial charge in [0.2, 0.25) is 0 Å². The Morgan fingerprint density at radius 2 is 1.81 bits per heavy atom. The van der Waals surface area contributed by atoms with Gasteiger partial charge in [0.1, 0.15) is 11.5 Å². The van der Waals surface area contributed by atoms with Crippen LogP contribution in [0.1, 0.15) is 16.7 Å². The van der Waals surface area contributed by atoms with E-state index in [-0.39, 0.29) is 5.84 Å². The van der Waals surface area contributed by atoms with Gasteiger partial charge < -0.3 is 15.7 Å². The van der Waals surface area contributed by atoms with Gasteiger partial charge in [-0.15, -0.1) is 0 Å². The third-order valence-electron chi connectivity index (χ3n) is 2.98. The Morgan fingerprint density at radius 3 is 2.38 bits per heavy atom. The first kappa shape index (κ1) is 15.5. The molecule has 2 rings (SSSR count). The lowest BCUT2D eigenvalue weighted by atomic mass is 10.1. The molecule has 2 aromatic rings. The molecule has 4 nitrogen and oxygen atoms in total. The number of nitrogens with zero attached hydrogens (tertiary/aromatic N) is 1. The van der Waals surface area contributed by atoms with E-state index >= 15 is 0 Å². The monoisotopic (exact) mass is 324 g/mol. The summed E-state index contributed by atoms with van der Waals surface area (Å²) < 4.78 is 5.91. The Kier molecular flexibility index (Phi) is 4.60. The van der Waals surface area contributed by atoms with Gasteiger partial charge in [0.15, 0.2) is 5.84 Å². The number of rotatable bonds is 3. The highest BCUT2D eigenvalue weighted by Crippen LogP contribution is 2.35. The minimum absolute atomic E-state index is 0.111. The molecular formula is C15H14Cl2N2O2. The molecule has 0 aromatic heterocycles. The molecule has 0 bridgehead atoms. The molecule has 3 N–H and O–H groups in total. The van der Waals surface area contributed by atoms with Crippen molar-refractivity contribution in [2.24, 2.45) is 10.9 Å². The number of nitrogens with two attached hydrogens (primary N) is 1. The van der Waals surface area contributed by atoms with Gasteiger partial charge in [-0.25, -0.2) is 0 Å². The van der Waals surface area contributed by atoms with E-state index in [1.165, 1.54) is 0 Å². The summed E-state index contributed by atoms with van der Waals surface area (Å²) in [4.78, 5) is 0. The van der Waals surface area contributed by atoms with Crippen LogP contribution in [0.2, 0.25) is 10.0 Å². The molecule has 0 saturated carbocycles.